The highest BCUT2D eigenvalue weighted by molar-refractivity contribution is 6.32. The summed E-state index contributed by atoms with van der Waals surface area (Å²) in [6.07, 6.45) is -2.71. The van der Waals surface area contributed by atoms with Gasteiger partial charge in [-0.1, -0.05) is 73.7 Å². The molecular weight excluding hydrogens is 887 g/mol. The normalized spacial score (nSPS) is 27.1. The first kappa shape index (κ1) is 49.4. The molecule has 3 aliphatic carbocycles. The number of phenols is 1. The summed E-state index contributed by atoms with van der Waals surface area (Å²) in [6, 6.07) is 12.7. The van der Waals surface area contributed by atoms with Crippen LogP contribution in [0, 0.1) is 17.8 Å². The summed E-state index contributed by atoms with van der Waals surface area (Å²) in [7, 11) is 0. The minimum Gasteiger partial charge on any atom is -0.507 e. The van der Waals surface area contributed by atoms with Crippen molar-refractivity contribution in [3.63, 3.8) is 0 Å². The van der Waals surface area contributed by atoms with E-state index in [1.165, 1.54) is 19.1 Å². The van der Waals surface area contributed by atoms with Crippen molar-refractivity contribution in [1.82, 2.24) is 0 Å². The van der Waals surface area contributed by atoms with Gasteiger partial charge in [0.15, 0.2) is 17.9 Å². The fourth-order valence-corrected chi connectivity index (χ4v) is 10.3. The van der Waals surface area contributed by atoms with Gasteiger partial charge in [-0.15, -0.1) is 0 Å². The van der Waals surface area contributed by atoms with Crippen LogP contribution in [0.15, 0.2) is 48.5 Å². The van der Waals surface area contributed by atoms with Crippen molar-refractivity contribution < 1.29 is 69.1 Å². The Morgan fingerprint density at radius 1 is 0.942 bits per heavy atom. The second kappa shape index (κ2) is 20.1. The standard InChI is InChI=1S/C54H57NO14/c1-4-29-18-19-54(66,24-29)40-13-6-10-32(39(40)26-57)22-38-47(61)45-44-37(52(38)69-53-51(65)50(64)46(60)27(2)67-53)12-7-11-34(55)15-16-35(59)21-31-9-5-8-30(20-31)14-17-36-41(68-28(3)58)23-33(25-56)42(48(45)62)43(36)49(44)63/h5-6,8-10,13-14,17,20,23,26-27,29,34-35,46,50-51,53,56,59-61,64-66H,4,12,15-16,18-19,21-22,24-25,55H2,1-3H3/b17-14+/t27-,29-,34-,35-,46+,50+,51+,53+,54-/m0/s1. The number of esters is 1. The first-order chi connectivity index (χ1) is 33.0. The van der Waals surface area contributed by atoms with Crippen LogP contribution in [0.4, 0.5) is 0 Å². The number of ether oxygens (including phenoxy) is 3. The van der Waals surface area contributed by atoms with Crippen molar-refractivity contribution in [2.24, 2.45) is 11.7 Å². The van der Waals surface area contributed by atoms with Crippen molar-refractivity contribution in [3.05, 3.63) is 121 Å². The van der Waals surface area contributed by atoms with Crippen molar-refractivity contribution in [2.75, 3.05) is 0 Å². The predicted molar refractivity (Wildman–Crippen MR) is 252 cm³/mol. The first-order valence-electron chi connectivity index (χ1n) is 23.3. The summed E-state index contributed by atoms with van der Waals surface area (Å²) < 4.78 is 18.0. The monoisotopic (exact) mass is 943 g/mol. The summed E-state index contributed by atoms with van der Waals surface area (Å²) in [4.78, 5) is 56.8. The number of phenolic OH excluding ortho intramolecular Hbond substituents is 1. The van der Waals surface area contributed by atoms with Gasteiger partial charge in [0.1, 0.15) is 35.6 Å². The Hall–Kier alpha value is -6.06. The second-order valence-corrected chi connectivity index (χ2v) is 18.6. The molecule has 1 saturated carbocycles. The minimum atomic E-state index is -1.90. The Kier molecular flexibility index (Phi) is 14.4. The number of carbonyl (C=O) groups is 4. The van der Waals surface area contributed by atoms with Crippen molar-refractivity contribution >= 4 is 36.0 Å². The Bertz CT molecular complexity index is 2810. The maximum absolute atomic E-state index is 15.7. The number of nitrogens with two attached hydrogens (primary N) is 1. The van der Waals surface area contributed by atoms with Gasteiger partial charge in [-0.25, -0.2) is 0 Å². The molecule has 4 aromatic carbocycles. The molecule has 0 amide bonds. The van der Waals surface area contributed by atoms with E-state index in [1.54, 1.807) is 36.4 Å². The highest BCUT2D eigenvalue weighted by Gasteiger charge is 2.46. The highest BCUT2D eigenvalue weighted by Crippen LogP contribution is 2.49. The average molecular weight is 944 g/mol. The Morgan fingerprint density at radius 2 is 1.70 bits per heavy atom. The topological polar surface area (TPSA) is 264 Å². The molecule has 8 rings (SSSR count). The molecule has 9 atom stereocenters. The van der Waals surface area contributed by atoms with Crippen LogP contribution in [-0.4, -0.2) is 102 Å². The minimum absolute atomic E-state index is 0.0161. The molecule has 0 spiro atoms. The second-order valence-electron chi connectivity index (χ2n) is 18.6. The van der Waals surface area contributed by atoms with Crippen molar-refractivity contribution in [3.8, 4) is 29.1 Å². The molecule has 1 heterocycles. The highest BCUT2D eigenvalue weighted by atomic mass is 16.7. The van der Waals surface area contributed by atoms with E-state index in [4.69, 9.17) is 19.9 Å². The third kappa shape index (κ3) is 9.51. The van der Waals surface area contributed by atoms with Crippen LogP contribution in [-0.2, 0) is 41.0 Å². The zero-order valence-corrected chi connectivity index (χ0v) is 38.6. The Morgan fingerprint density at radius 3 is 2.41 bits per heavy atom. The molecular formula is C54H57NO14. The fourth-order valence-electron chi connectivity index (χ4n) is 10.3. The lowest BCUT2D eigenvalue weighted by molar-refractivity contribution is -0.268. The molecule has 15 heteroatoms. The van der Waals surface area contributed by atoms with Crippen LogP contribution in [0.2, 0.25) is 0 Å². The smallest absolute Gasteiger partial charge is 0.308 e. The SMILES string of the molecule is CC[C@H]1CC[C@@](O)(c2cccc(Cc3c(O)c4c5c(c3O[C@H]3O[C@@H](C)[C@@H](O)[C@@H](O)[C@H]3O)CC#C[C@H](N)CC[C@H](O)Cc3cccc(c3)/C=C/c3c(OC(C)=O)cc(CO)c(c3C5=O)C4=O)c2C=O)C1. The van der Waals surface area contributed by atoms with E-state index in [0.717, 1.165) is 25.3 Å². The Balaban J connectivity index is 1.43. The van der Waals surface area contributed by atoms with Gasteiger partial charge >= 0.3 is 5.97 Å². The van der Waals surface area contributed by atoms with Gasteiger partial charge in [0.25, 0.3) is 0 Å². The van der Waals surface area contributed by atoms with Gasteiger partial charge in [0, 0.05) is 58.7 Å². The van der Waals surface area contributed by atoms with Crippen LogP contribution >= 0.6 is 0 Å². The third-order valence-electron chi connectivity index (χ3n) is 14.0. The van der Waals surface area contributed by atoms with Gasteiger partial charge in [0.2, 0.25) is 6.29 Å². The first-order valence-corrected chi connectivity index (χ1v) is 23.3. The molecule has 0 aromatic heterocycles. The lowest BCUT2D eigenvalue weighted by Gasteiger charge is -2.39. The van der Waals surface area contributed by atoms with Crippen LogP contribution in [0.25, 0.3) is 12.2 Å². The van der Waals surface area contributed by atoms with E-state index in [9.17, 15) is 45.3 Å². The van der Waals surface area contributed by atoms with Crippen molar-refractivity contribution in [1.29, 1.82) is 0 Å². The van der Waals surface area contributed by atoms with E-state index in [2.05, 4.69) is 11.8 Å². The molecule has 362 valence electrons. The summed E-state index contributed by atoms with van der Waals surface area (Å²) >= 11 is 0. The molecule has 1 aliphatic heterocycles. The van der Waals surface area contributed by atoms with Crippen molar-refractivity contribution in [2.45, 2.75) is 134 Å². The number of fused-ring (bicyclic) bond motifs is 2. The molecule has 0 radical (unpaired) electrons. The summed E-state index contributed by atoms with van der Waals surface area (Å²) in [5.41, 5.74) is 5.52. The Labute approximate surface area is 399 Å². The number of aliphatic hydroxyl groups is 6. The molecule has 0 unspecified atom stereocenters. The van der Waals surface area contributed by atoms with Gasteiger partial charge in [-0.2, -0.15) is 0 Å². The van der Waals surface area contributed by atoms with E-state index in [1.807, 2.05) is 19.1 Å². The maximum Gasteiger partial charge on any atom is 0.308 e. The lowest BCUT2D eigenvalue weighted by Crippen LogP contribution is -2.58. The number of rotatable bonds is 9. The fraction of sp³-hybridized carbons (Fsp3) is 0.407. The summed E-state index contributed by atoms with van der Waals surface area (Å²) in [6.45, 7) is 3.82. The molecule has 4 bridgehead atoms. The number of hydrogen-bond acceptors (Lipinski definition) is 15. The van der Waals surface area contributed by atoms with Crippen LogP contribution < -0.4 is 15.2 Å². The van der Waals surface area contributed by atoms with Gasteiger partial charge in [0.05, 0.1) is 36.0 Å². The van der Waals surface area contributed by atoms with Gasteiger partial charge < -0.3 is 55.7 Å². The van der Waals surface area contributed by atoms with Gasteiger partial charge in [-0.05, 0) is 91.3 Å². The summed E-state index contributed by atoms with van der Waals surface area (Å²) in [5.74, 6) is 2.41. The van der Waals surface area contributed by atoms with Gasteiger partial charge in [-0.3, -0.25) is 19.2 Å². The molecule has 15 nitrogen and oxygen atoms in total. The predicted octanol–water partition coefficient (Wildman–Crippen LogP) is 4.33. The van der Waals surface area contributed by atoms with E-state index in [-0.39, 0.29) is 87.6 Å². The molecule has 2 fully saturated rings. The average Bonchev–Trinajstić information content (AvgIpc) is 3.73. The van der Waals surface area contributed by atoms with E-state index < -0.39 is 95.9 Å². The van der Waals surface area contributed by atoms with Crippen LogP contribution in [0.3, 0.4) is 0 Å². The molecule has 4 aliphatic rings. The summed E-state index contributed by atoms with van der Waals surface area (Å²) in [5, 5.41) is 79.5. The van der Waals surface area contributed by atoms with Crippen LogP contribution in [0.1, 0.15) is 146 Å². The third-order valence-corrected chi connectivity index (χ3v) is 14.0. The number of hydrogen-bond donors (Lipinski definition) is 8. The molecule has 1 saturated heterocycles. The zero-order chi connectivity index (χ0) is 49.5. The number of aliphatic hydroxyl groups excluding tert-OH is 5. The zero-order valence-electron chi connectivity index (χ0n) is 38.6. The quantitative estimate of drug-likeness (QED) is 0.0443. The molecule has 69 heavy (non-hydrogen) atoms. The molecule has 9 N–H and O–H groups in total. The maximum atomic E-state index is 15.7. The largest absolute Gasteiger partial charge is 0.507 e. The number of aldehydes is 1. The van der Waals surface area contributed by atoms with Crippen LogP contribution in [0.5, 0.6) is 17.2 Å². The van der Waals surface area contributed by atoms with E-state index >= 15 is 9.59 Å². The number of aromatic hydroxyl groups is 1. The van der Waals surface area contributed by atoms with E-state index in [0.29, 0.717) is 30.3 Å². The number of benzene rings is 4. The molecule has 4 aromatic rings. The number of ketones is 2. The lowest BCUT2D eigenvalue weighted by atomic mass is 9.75. The number of carbonyl (C=O) groups excluding carboxylic acids is 4.